The molecule has 120 valence electrons. The highest BCUT2D eigenvalue weighted by Gasteiger charge is 2.12. The molecule has 8 heteroatoms. The topological polar surface area (TPSA) is 96.0 Å². The molecule has 1 aromatic heterocycles. The van der Waals surface area contributed by atoms with Gasteiger partial charge in [-0.05, 0) is 13.3 Å². The molecule has 7 nitrogen and oxygen atoms in total. The first-order chi connectivity index (χ1) is 9.93. The number of hydrogen-bond acceptors (Lipinski definition) is 6. The molecule has 0 saturated carbocycles. The standard InChI is InChI=1S/C13H25N5O2S/c1-5-7-11-17-12(14-4)10(3)13(18-11)15-8-9-21(19,20)16-6-2/h16H,5-9H2,1-4H3,(H2,14,15,17,18). The molecule has 0 aliphatic heterocycles. The van der Waals surface area contributed by atoms with E-state index in [9.17, 15) is 8.42 Å². The van der Waals surface area contributed by atoms with E-state index in [0.717, 1.165) is 30.0 Å². The van der Waals surface area contributed by atoms with Gasteiger partial charge in [0.1, 0.15) is 17.5 Å². The highest BCUT2D eigenvalue weighted by Crippen LogP contribution is 2.19. The first-order valence-electron chi connectivity index (χ1n) is 7.20. The normalized spacial score (nSPS) is 11.4. The summed E-state index contributed by atoms with van der Waals surface area (Å²) in [6.45, 7) is 6.44. The van der Waals surface area contributed by atoms with Crippen molar-refractivity contribution in [3.63, 3.8) is 0 Å². The van der Waals surface area contributed by atoms with Crippen molar-refractivity contribution in [1.29, 1.82) is 0 Å². The van der Waals surface area contributed by atoms with Gasteiger partial charge in [0.2, 0.25) is 10.0 Å². The number of nitrogens with zero attached hydrogens (tertiary/aromatic N) is 2. The van der Waals surface area contributed by atoms with E-state index in [4.69, 9.17) is 0 Å². The van der Waals surface area contributed by atoms with Crippen LogP contribution >= 0.6 is 0 Å². The molecule has 0 unspecified atom stereocenters. The van der Waals surface area contributed by atoms with Gasteiger partial charge in [0.15, 0.2) is 0 Å². The molecule has 21 heavy (non-hydrogen) atoms. The quantitative estimate of drug-likeness (QED) is 0.632. The molecule has 0 aliphatic carbocycles. The molecule has 1 rings (SSSR count). The van der Waals surface area contributed by atoms with E-state index >= 15 is 0 Å². The molecule has 0 saturated heterocycles. The van der Waals surface area contributed by atoms with E-state index in [1.165, 1.54) is 0 Å². The van der Waals surface area contributed by atoms with Crippen LogP contribution in [0.15, 0.2) is 0 Å². The fourth-order valence-corrected chi connectivity index (χ4v) is 2.86. The van der Waals surface area contributed by atoms with Crippen LogP contribution in [0.25, 0.3) is 0 Å². The van der Waals surface area contributed by atoms with Gasteiger partial charge in [-0.3, -0.25) is 0 Å². The summed E-state index contributed by atoms with van der Waals surface area (Å²) in [5, 5.41) is 6.13. The van der Waals surface area contributed by atoms with Gasteiger partial charge in [0, 0.05) is 32.1 Å². The highest BCUT2D eigenvalue weighted by atomic mass is 32.2. The number of anilines is 2. The van der Waals surface area contributed by atoms with Crippen molar-refractivity contribution >= 4 is 21.7 Å². The Labute approximate surface area is 127 Å². The van der Waals surface area contributed by atoms with Gasteiger partial charge in [-0.2, -0.15) is 0 Å². The molecule has 1 aromatic rings. The first kappa shape index (κ1) is 17.6. The summed E-state index contributed by atoms with van der Waals surface area (Å²) in [4.78, 5) is 8.89. The van der Waals surface area contributed by atoms with E-state index in [-0.39, 0.29) is 5.75 Å². The maximum absolute atomic E-state index is 11.6. The lowest BCUT2D eigenvalue weighted by Gasteiger charge is -2.13. The summed E-state index contributed by atoms with van der Waals surface area (Å²) in [6.07, 6.45) is 1.75. The molecule has 0 aromatic carbocycles. The Hall–Kier alpha value is -1.41. The van der Waals surface area contributed by atoms with Crippen LogP contribution in [0.3, 0.4) is 0 Å². The predicted octanol–water partition coefficient (Wildman–Crippen LogP) is 1.13. The van der Waals surface area contributed by atoms with Crippen molar-refractivity contribution < 1.29 is 8.42 Å². The highest BCUT2D eigenvalue weighted by molar-refractivity contribution is 7.89. The van der Waals surface area contributed by atoms with Gasteiger partial charge in [-0.15, -0.1) is 0 Å². The lowest BCUT2D eigenvalue weighted by Crippen LogP contribution is -2.29. The van der Waals surface area contributed by atoms with E-state index < -0.39 is 10.0 Å². The second-order valence-electron chi connectivity index (χ2n) is 4.71. The van der Waals surface area contributed by atoms with Crippen molar-refractivity contribution in [1.82, 2.24) is 14.7 Å². The smallest absolute Gasteiger partial charge is 0.213 e. The minimum Gasteiger partial charge on any atom is -0.373 e. The van der Waals surface area contributed by atoms with E-state index in [2.05, 4.69) is 32.2 Å². The van der Waals surface area contributed by atoms with E-state index in [0.29, 0.717) is 18.9 Å². The molecule has 0 radical (unpaired) electrons. The van der Waals surface area contributed by atoms with Crippen molar-refractivity contribution in [2.24, 2.45) is 0 Å². The van der Waals surface area contributed by atoms with Crippen molar-refractivity contribution in [2.75, 3.05) is 36.5 Å². The van der Waals surface area contributed by atoms with Gasteiger partial charge < -0.3 is 10.6 Å². The second-order valence-corrected chi connectivity index (χ2v) is 6.63. The lowest BCUT2D eigenvalue weighted by molar-refractivity contribution is 0.584. The summed E-state index contributed by atoms with van der Waals surface area (Å²) in [6, 6.07) is 0. The molecule has 1 heterocycles. The zero-order valence-corrected chi connectivity index (χ0v) is 14.0. The molecule has 0 amide bonds. The minimum atomic E-state index is -3.22. The summed E-state index contributed by atoms with van der Waals surface area (Å²) in [7, 11) is -1.41. The maximum Gasteiger partial charge on any atom is 0.213 e. The zero-order valence-electron chi connectivity index (χ0n) is 13.2. The SMILES string of the molecule is CCCc1nc(NC)c(C)c(NCCS(=O)(=O)NCC)n1. The molecule has 3 N–H and O–H groups in total. The van der Waals surface area contributed by atoms with Crippen LogP contribution in [-0.4, -0.2) is 44.3 Å². The molecule has 0 spiro atoms. The molecule has 0 bridgehead atoms. The zero-order chi connectivity index (χ0) is 15.9. The Morgan fingerprint density at radius 2 is 1.81 bits per heavy atom. The average Bonchev–Trinajstić information content (AvgIpc) is 2.42. The molecular formula is C13H25N5O2S. The number of aryl methyl sites for hydroxylation is 1. The maximum atomic E-state index is 11.6. The third-order valence-electron chi connectivity index (χ3n) is 2.93. The van der Waals surface area contributed by atoms with E-state index in [1.807, 2.05) is 14.0 Å². The summed E-state index contributed by atoms with van der Waals surface area (Å²) < 4.78 is 25.7. The Morgan fingerprint density at radius 3 is 2.38 bits per heavy atom. The Balaban J connectivity index is 2.80. The molecular weight excluding hydrogens is 290 g/mol. The number of nitrogens with one attached hydrogen (secondary N) is 3. The predicted molar refractivity (Wildman–Crippen MR) is 86.3 cm³/mol. The third-order valence-corrected chi connectivity index (χ3v) is 4.40. The van der Waals surface area contributed by atoms with Gasteiger partial charge in [-0.25, -0.2) is 23.1 Å². The number of sulfonamides is 1. The van der Waals surface area contributed by atoms with Gasteiger partial charge in [0.25, 0.3) is 0 Å². The van der Waals surface area contributed by atoms with Crippen molar-refractivity contribution in [3.05, 3.63) is 11.4 Å². The molecule has 0 aliphatic rings. The van der Waals surface area contributed by atoms with Gasteiger partial charge >= 0.3 is 0 Å². The van der Waals surface area contributed by atoms with Crippen LogP contribution in [0, 0.1) is 6.92 Å². The lowest BCUT2D eigenvalue weighted by atomic mass is 10.2. The van der Waals surface area contributed by atoms with Crippen molar-refractivity contribution in [2.45, 2.75) is 33.6 Å². The number of aromatic nitrogens is 2. The van der Waals surface area contributed by atoms with E-state index in [1.54, 1.807) is 6.92 Å². The fraction of sp³-hybridized carbons (Fsp3) is 0.692. The van der Waals surface area contributed by atoms with Crippen LogP contribution in [-0.2, 0) is 16.4 Å². The average molecular weight is 315 g/mol. The van der Waals surface area contributed by atoms with Crippen LogP contribution in [0.1, 0.15) is 31.7 Å². The summed E-state index contributed by atoms with van der Waals surface area (Å²) in [5.74, 6) is 2.22. The first-order valence-corrected chi connectivity index (χ1v) is 8.85. The van der Waals surface area contributed by atoms with Crippen LogP contribution < -0.4 is 15.4 Å². The van der Waals surface area contributed by atoms with Gasteiger partial charge in [0.05, 0.1) is 5.75 Å². The Kier molecular flexibility index (Phi) is 6.83. The van der Waals surface area contributed by atoms with Gasteiger partial charge in [-0.1, -0.05) is 13.8 Å². The summed E-state index contributed by atoms with van der Waals surface area (Å²) in [5.41, 5.74) is 0.887. The monoisotopic (exact) mass is 315 g/mol. The third kappa shape index (κ3) is 5.47. The number of hydrogen-bond donors (Lipinski definition) is 3. The van der Waals surface area contributed by atoms with Crippen LogP contribution in [0.2, 0.25) is 0 Å². The van der Waals surface area contributed by atoms with Crippen LogP contribution in [0.4, 0.5) is 11.6 Å². The summed E-state index contributed by atoms with van der Waals surface area (Å²) >= 11 is 0. The Morgan fingerprint density at radius 1 is 1.14 bits per heavy atom. The largest absolute Gasteiger partial charge is 0.373 e. The molecule has 0 fully saturated rings. The number of rotatable bonds is 9. The van der Waals surface area contributed by atoms with Crippen LogP contribution in [0.5, 0.6) is 0 Å². The Bertz CT molecular complexity index is 560. The van der Waals surface area contributed by atoms with Crippen molar-refractivity contribution in [3.8, 4) is 0 Å². The minimum absolute atomic E-state index is 0.0162. The molecule has 0 atom stereocenters. The fourth-order valence-electron chi connectivity index (χ4n) is 1.91. The second kappa shape index (κ2) is 8.14.